The van der Waals surface area contributed by atoms with E-state index in [0.717, 1.165) is 0 Å². The molecule has 96 valence electrons. The lowest BCUT2D eigenvalue weighted by atomic mass is 9.98. The fourth-order valence-electron chi connectivity index (χ4n) is 1.88. The lowest BCUT2D eigenvalue weighted by molar-refractivity contribution is -0.130. The smallest absolute Gasteiger partial charge is 0.223 e. The molecule has 0 aliphatic heterocycles. The molecule has 0 bridgehead atoms. The van der Waals surface area contributed by atoms with Gasteiger partial charge < -0.3 is 4.90 Å². The van der Waals surface area contributed by atoms with Crippen LogP contribution in [0.2, 0.25) is 0 Å². The fraction of sp³-hybridized carbons (Fsp3) is 0.467. The Morgan fingerprint density at radius 3 is 2.56 bits per heavy atom. The minimum Gasteiger partial charge on any atom is -0.341 e. The summed E-state index contributed by atoms with van der Waals surface area (Å²) in [6.45, 7) is 6.89. The van der Waals surface area contributed by atoms with Crippen LogP contribution in [0.25, 0.3) is 0 Å². The molecular formula is C15H20N2O. The fourth-order valence-corrected chi connectivity index (χ4v) is 1.88. The maximum Gasteiger partial charge on any atom is 0.223 e. The third kappa shape index (κ3) is 3.33. The number of hydrogen-bond donors (Lipinski definition) is 0. The van der Waals surface area contributed by atoms with Crippen molar-refractivity contribution in [1.82, 2.24) is 4.90 Å². The van der Waals surface area contributed by atoms with E-state index in [-0.39, 0.29) is 12.3 Å². The second-order valence-corrected chi connectivity index (χ2v) is 4.70. The first-order chi connectivity index (χ1) is 8.47. The lowest BCUT2D eigenvalue weighted by Crippen LogP contribution is -2.26. The number of nitriles is 1. The highest BCUT2D eigenvalue weighted by Crippen LogP contribution is 2.18. The average molecular weight is 244 g/mol. The molecule has 0 saturated heterocycles. The van der Waals surface area contributed by atoms with Crippen LogP contribution in [0, 0.1) is 32.1 Å². The lowest BCUT2D eigenvalue weighted by Gasteiger charge is -2.19. The minimum atomic E-state index is 0.0224. The zero-order valence-corrected chi connectivity index (χ0v) is 11.6. The summed E-state index contributed by atoms with van der Waals surface area (Å²) < 4.78 is 0. The third-order valence-electron chi connectivity index (χ3n) is 3.45. The van der Waals surface area contributed by atoms with E-state index in [0.29, 0.717) is 13.0 Å². The molecule has 0 N–H and O–H groups in total. The molecule has 0 aromatic heterocycles. The molecule has 0 unspecified atom stereocenters. The molecule has 0 aliphatic carbocycles. The number of carbonyl (C=O) groups excluding carboxylic acids is 1. The van der Waals surface area contributed by atoms with Crippen molar-refractivity contribution in [3.8, 4) is 6.07 Å². The molecular weight excluding hydrogens is 224 g/mol. The Bertz CT molecular complexity index is 486. The van der Waals surface area contributed by atoms with Crippen molar-refractivity contribution in [3.63, 3.8) is 0 Å². The van der Waals surface area contributed by atoms with Crippen LogP contribution in [-0.2, 0) is 11.3 Å². The van der Waals surface area contributed by atoms with Gasteiger partial charge in [-0.1, -0.05) is 12.1 Å². The van der Waals surface area contributed by atoms with Gasteiger partial charge in [-0.3, -0.25) is 4.79 Å². The van der Waals surface area contributed by atoms with Crippen molar-refractivity contribution in [2.24, 2.45) is 0 Å². The predicted octanol–water partition coefficient (Wildman–Crippen LogP) is 2.87. The predicted molar refractivity (Wildman–Crippen MR) is 72.0 cm³/mol. The quantitative estimate of drug-likeness (QED) is 0.817. The highest BCUT2D eigenvalue weighted by atomic mass is 16.2. The Kier molecular flexibility index (Phi) is 4.91. The van der Waals surface area contributed by atoms with Gasteiger partial charge in [-0.15, -0.1) is 0 Å². The van der Waals surface area contributed by atoms with Crippen molar-refractivity contribution < 1.29 is 4.79 Å². The zero-order chi connectivity index (χ0) is 13.7. The third-order valence-corrected chi connectivity index (χ3v) is 3.45. The molecule has 1 rings (SSSR count). The summed E-state index contributed by atoms with van der Waals surface area (Å²) in [5.41, 5.74) is 4.97. The number of benzene rings is 1. The molecule has 1 aromatic rings. The summed E-state index contributed by atoms with van der Waals surface area (Å²) in [6, 6.07) is 6.16. The zero-order valence-electron chi connectivity index (χ0n) is 11.6. The van der Waals surface area contributed by atoms with E-state index in [9.17, 15) is 4.79 Å². The summed E-state index contributed by atoms with van der Waals surface area (Å²) in [5, 5.41) is 8.48. The van der Waals surface area contributed by atoms with Gasteiger partial charge in [0, 0.05) is 26.4 Å². The average Bonchev–Trinajstić information content (AvgIpc) is 2.36. The van der Waals surface area contributed by atoms with Gasteiger partial charge >= 0.3 is 0 Å². The standard InChI is InChI=1S/C15H20N2O/c1-11-7-8-14(13(3)12(11)2)10-17(4)15(18)6-5-9-16/h7-8H,5-6,10H2,1-4H3. The van der Waals surface area contributed by atoms with Gasteiger partial charge in [-0.2, -0.15) is 5.26 Å². The van der Waals surface area contributed by atoms with Gasteiger partial charge in [0.1, 0.15) is 0 Å². The summed E-state index contributed by atoms with van der Waals surface area (Å²) in [5.74, 6) is 0.0224. The number of hydrogen-bond acceptors (Lipinski definition) is 2. The van der Waals surface area contributed by atoms with Crippen LogP contribution in [0.4, 0.5) is 0 Å². The number of aryl methyl sites for hydroxylation is 1. The number of carbonyl (C=O) groups is 1. The van der Waals surface area contributed by atoms with Crippen LogP contribution in [0.15, 0.2) is 12.1 Å². The van der Waals surface area contributed by atoms with Crippen LogP contribution in [0.3, 0.4) is 0 Å². The van der Waals surface area contributed by atoms with E-state index in [1.807, 2.05) is 6.07 Å². The molecule has 3 nitrogen and oxygen atoms in total. The summed E-state index contributed by atoms with van der Waals surface area (Å²) >= 11 is 0. The topological polar surface area (TPSA) is 44.1 Å². The van der Waals surface area contributed by atoms with E-state index >= 15 is 0 Å². The van der Waals surface area contributed by atoms with Gasteiger partial charge in [0.2, 0.25) is 5.91 Å². The molecule has 0 heterocycles. The Morgan fingerprint density at radius 1 is 1.28 bits per heavy atom. The van der Waals surface area contributed by atoms with Gasteiger partial charge in [-0.05, 0) is 43.0 Å². The van der Waals surface area contributed by atoms with Gasteiger partial charge in [0.15, 0.2) is 0 Å². The monoisotopic (exact) mass is 244 g/mol. The largest absolute Gasteiger partial charge is 0.341 e. The number of rotatable bonds is 4. The van der Waals surface area contributed by atoms with Crippen molar-refractivity contribution >= 4 is 5.91 Å². The maximum atomic E-state index is 11.7. The number of nitrogens with zero attached hydrogens (tertiary/aromatic N) is 2. The maximum absolute atomic E-state index is 11.7. The molecule has 0 atom stereocenters. The van der Waals surface area contributed by atoms with Crippen molar-refractivity contribution in [2.75, 3.05) is 7.05 Å². The first-order valence-electron chi connectivity index (χ1n) is 6.14. The molecule has 0 saturated carbocycles. The van der Waals surface area contributed by atoms with Crippen LogP contribution < -0.4 is 0 Å². The van der Waals surface area contributed by atoms with Gasteiger partial charge in [-0.25, -0.2) is 0 Å². The van der Waals surface area contributed by atoms with Crippen LogP contribution >= 0.6 is 0 Å². The normalized spacial score (nSPS) is 9.94. The van der Waals surface area contributed by atoms with Crippen LogP contribution in [-0.4, -0.2) is 17.9 Å². The molecule has 0 fully saturated rings. The van der Waals surface area contributed by atoms with E-state index < -0.39 is 0 Å². The molecule has 3 heteroatoms. The SMILES string of the molecule is Cc1ccc(CN(C)C(=O)CCC#N)c(C)c1C. The number of amides is 1. The molecule has 0 radical (unpaired) electrons. The summed E-state index contributed by atoms with van der Waals surface area (Å²) in [7, 11) is 1.79. The minimum absolute atomic E-state index is 0.0224. The first kappa shape index (κ1) is 14.2. The Balaban J connectivity index is 2.77. The van der Waals surface area contributed by atoms with E-state index in [1.165, 1.54) is 22.3 Å². The molecule has 0 aliphatic rings. The van der Waals surface area contributed by atoms with Crippen molar-refractivity contribution in [2.45, 2.75) is 40.2 Å². The Hall–Kier alpha value is -1.82. The van der Waals surface area contributed by atoms with E-state index in [4.69, 9.17) is 5.26 Å². The van der Waals surface area contributed by atoms with Crippen molar-refractivity contribution in [3.05, 3.63) is 34.4 Å². The highest BCUT2D eigenvalue weighted by Gasteiger charge is 2.11. The molecule has 0 spiro atoms. The van der Waals surface area contributed by atoms with Crippen LogP contribution in [0.5, 0.6) is 0 Å². The molecule has 1 amide bonds. The second-order valence-electron chi connectivity index (χ2n) is 4.70. The van der Waals surface area contributed by atoms with Gasteiger partial charge in [0.25, 0.3) is 0 Å². The first-order valence-corrected chi connectivity index (χ1v) is 6.14. The summed E-state index contributed by atoms with van der Waals surface area (Å²) in [6.07, 6.45) is 0.589. The van der Waals surface area contributed by atoms with Crippen molar-refractivity contribution in [1.29, 1.82) is 5.26 Å². The Labute approximate surface area is 109 Å². The van der Waals surface area contributed by atoms with E-state index in [1.54, 1.807) is 11.9 Å². The summed E-state index contributed by atoms with van der Waals surface area (Å²) in [4.78, 5) is 13.4. The molecule has 1 aromatic carbocycles. The molecule has 18 heavy (non-hydrogen) atoms. The highest BCUT2D eigenvalue weighted by molar-refractivity contribution is 5.76. The second kappa shape index (κ2) is 6.20. The van der Waals surface area contributed by atoms with Crippen LogP contribution in [0.1, 0.15) is 35.1 Å². The Morgan fingerprint density at radius 2 is 1.94 bits per heavy atom. The van der Waals surface area contributed by atoms with E-state index in [2.05, 4.69) is 32.9 Å². The van der Waals surface area contributed by atoms with Gasteiger partial charge in [0.05, 0.1) is 6.07 Å².